The van der Waals surface area contributed by atoms with Gasteiger partial charge in [0.2, 0.25) is 15.9 Å². The zero-order chi connectivity index (χ0) is 15.5. The number of rotatable bonds is 5. The third-order valence-electron chi connectivity index (χ3n) is 2.77. The van der Waals surface area contributed by atoms with Gasteiger partial charge in [-0.25, -0.2) is 8.42 Å². The van der Waals surface area contributed by atoms with Crippen molar-refractivity contribution in [1.82, 2.24) is 10.0 Å². The number of nitrogens with two attached hydrogens (primary N) is 1. The van der Waals surface area contributed by atoms with Gasteiger partial charge >= 0.3 is 0 Å². The maximum atomic E-state index is 12.3. The van der Waals surface area contributed by atoms with Gasteiger partial charge in [0, 0.05) is 11.7 Å². The van der Waals surface area contributed by atoms with E-state index >= 15 is 0 Å². The zero-order valence-electron chi connectivity index (χ0n) is 12.1. The first-order valence-corrected chi connectivity index (χ1v) is 7.81. The Morgan fingerprint density at radius 3 is 2.40 bits per heavy atom. The number of nitrogen functional groups attached to an aromatic ring is 1. The van der Waals surface area contributed by atoms with Gasteiger partial charge < -0.3 is 11.1 Å². The Kier molecular flexibility index (Phi) is 5.13. The van der Waals surface area contributed by atoms with Crippen molar-refractivity contribution in [3.8, 4) is 0 Å². The van der Waals surface area contributed by atoms with Crippen molar-refractivity contribution in [3.63, 3.8) is 0 Å². The highest BCUT2D eigenvalue weighted by molar-refractivity contribution is 7.89. The van der Waals surface area contributed by atoms with Crippen LogP contribution in [0.4, 0.5) is 5.69 Å². The summed E-state index contributed by atoms with van der Waals surface area (Å²) < 4.78 is 26.9. The largest absolute Gasteiger partial charge is 0.398 e. The summed E-state index contributed by atoms with van der Waals surface area (Å²) in [7, 11) is -3.78. The van der Waals surface area contributed by atoms with Gasteiger partial charge in [0.15, 0.2) is 0 Å². The second-order valence-electron chi connectivity index (χ2n) is 4.98. The van der Waals surface area contributed by atoms with Crippen LogP contribution in [0.15, 0.2) is 23.1 Å². The van der Waals surface area contributed by atoms with Gasteiger partial charge in [-0.15, -0.1) is 0 Å². The van der Waals surface area contributed by atoms with E-state index in [1.807, 2.05) is 0 Å². The van der Waals surface area contributed by atoms with Crippen LogP contribution in [0.5, 0.6) is 0 Å². The summed E-state index contributed by atoms with van der Waals surface area (Å²) in [6.07, 6.45) is 0. The van der Waals surface area contributed by atoms with Crippen LogP contribution in [0.3, 0.4) is 0 Å². The molecule has 0 aliphatic carbocycles. The van der Waals surface area contributed by atoms with Gasteiger partial charge in [-0.05, 0) is 45.4 Å². The zero-order valence-corrected chi connectivity index (χ0v) is 12.9. The molecule has 0 fully saturated rings. The molecule has 1 aromatic rings. The van der Waals surface area contributed by atoms with Crippen LogP contribution in [-0.4, -0.2) is 26.4 Å². The quantitative estimate of drug-likeness (QED) is 0.699. The molecule has 6 nitrogen and oxygen atoms in total. The Bertz CT molecular complexity index is 597. The number of hydrogen-bond acceptors (Lipinski definition) is 4. The monoisotopic (exact) mass is 299 g/mol. The molecule has 0 saturated heterocycles. The average molecular weight is 299 g/mol. The van der Waals surface area contributed by atoms with Gasteiger partial charge in [-0.2, -0.15) is 4.72 Å². The number of amides is 1. The minimum Gasteiger partial charge on any atom is -0.398 e. The van der Waals surface area contributed by atoms with Crippen molar-refractivity contribution in [2.45, 2.75) is 44.7 Å². The van der Waals surface area contributed by atoms with Gasteiger partial charge in [0.25, 0.3) is 0 Å². The van der Waals surface area contributed by atoms with Crippen LogP contribution < -0.4 is 15.8 Å². The molecule has 1 rings (SSSR count). The predicted octanol–water partition coefficient (Wildman–Crippen LogP) is 0.769. The Hall–Kier alpha value is -1.60. The number of benzene rings is 1. The maximum Gasteiger partial charge on any atom is 0.241 e. The van der Waals surface area contributed by atoms with Crippen LogP contribution in [0.2, 0.25) is 0 Å². The topological polar surface area (TPSA) is 101 Å². The number of carbonyl (C=O) groups excluding carboxylic acids is 1. The first-order chi connectivity index (χ1) is 9.15. The van der Waals surface area contributed by atoms with E-state index in [2.05, 4.69) is 10.0 Å². The fraction of sp³-hybridized carbons (Fsp3) is 0.462. The minimum absolute atomic E-state index is 0.0523. The molecule has 112 valence electrons. The highest BCUT2D eigenvalue weighted by atomic mass is 32.2. The lowest BCUT2D eigenvalue weighted by molar-refractivity contribution is -0.122. The molecule has 0 saturated carbocycles. The summed E-state index contributed by atoms with van der Waals surface area (Å²) in [6, 6.07) is 3.74. The fourth-order valence-electron chi connectivity index (χ4n) is 1.68. The fourth-order valence-corrected chi connectivity index (χ4v) is 3.16. The lowest BCUT2D eigenvalue weighted by Crippen LogP contribution is -2.46. The summed E-state index contributed by atoms with van der Waals surface area (Å²) in [4.78, 5) is 11.8. The lowest BCUT2D eigenvalue weighted by atomic mass is 10.2. The van der Waals surface area contributed by atoms with Crippen LogP contribution in [0.25, 0.3) is 0 Å². The SMILES string of the molecule is Cc1c(N)cccc1S(=O)(=O)NC(C)C(=O)NC(C)C. The summed E-state index contributed by atoms with van der Waals surface area (Å²) in [5.41, 5.74) is 6.57. The van der Waals surface area contributed by atoms with E-state index in [1.165, 1.54) is 13.0 Å². The Morgan fingerprint density at radius 2 is 1.85 bits per heavy atom. The van der Waals surface area contributed by atoms with Crippen molar-refractivity contribution in [2.75, 3.05) is 5.73 Å². The molecule has 20 heavy (non-hydrogen) atoms. The minimum atomic E-state index is -3.78. The van der Waals surface area contributed by atoms with E-state index < -0.39 is 16.1 Å². The van der Waals surface area contributed by atoms with Crippen LogP contribution in [0, 0.1) is 6.92 Å². The summed E-state index contributed by atoms with van der Waals surface area (Å²) in [5.74, 6) is -0.370. The second-order valence-corrected chi connectivity index (χ2v) is 6.66. The van der Waals surface area contributed by atoms with Gasteiger partial charge in [0.05, 0.1) is 10.9 Å². The lowest BCUT2D eigenvalue weighted by Gasteiger charge is -2.17. The maximum absolute atomic E-state index is 12.3. The van der Waals surface area contributed by atoms with E-state index in [1.54, 1.807) is 32.9 Å². The third-order valence-corrected chi connectivity index (χ3v) is 4.46. The Labute approximate surface area is 119 Å². The number of nitrogens with one attached hydrogen (secondary N) is 2. The molecule has 0 heterocycles. The van der Waals surface area contributed by atoms with Crippen LogP contribution >= 0.6 is 0 Å². The number of sulfonamides is 1. The van der Waals surface area contributed by atoms with E-state index in [4.69, 9.17) is 5.73 Å². The first-order valence-electron chi connectivity index (χ1n) is 6.33. The third kappa shape index (κ3) is 3.94. The van der Waals surface area contributed by atoms with Crippen molar-refractivity contribution >= 4 is 21.6 Å². The highest BCUT2D eigenvalue weighted by Gasteiger charge is 2.24. The van der Waals surface area contributed by atoms with Crippen molar-refractivity contribution in [3.05, 3.63) is 23.8 Å². The van der Waals surface area contributed by atoms with E-state index in [0.717, 1.165) is 0 Å². The summed E-state index contributed by atoms with van der Waals surface area (Å²) >= 11 is 0. The van der Waals surface area contributed by atoms with Crippen LogP contribution in [0.1, 0.15) is 26.3 Å². The molecule has 0 bridgehead atoms. The molecule has 0 aliphatic rings. The second kappa shape index (κ2) is 6.23. The van der Waals surface area contributed by atoms with E-state index in [9.17, 15) is 13.2 Å². The Morgan fingerprint density at radius 1 is 1.25 bits per heavy atom. The molecule has 0 aromatic heterocycles. The predicted molar refractivity (Wildman–Crippen MR) is 78.7 cm³/mol. The summed E-state index contributed by atoms with van der Waals surface area (Å²) in [6.45, 7) is 6.74. The molecule has 0 aliphatic heterocycles. The molecule has 0 radical (unpaired) electrons. The highest BCUT2D eigenvalue weighted by Crippen LogP contribution is 2.20. The molecule has 1 amide bonds. The van der Waals surface area contributed by atoms with Gasteiger partial charge in [0.1, 0.15) is 0 Å². The Balaban J connectivity index is 2.96. The summed E-state index contributed by atoms with van der Waals surface area (Å²) in [5, 5.41) is 2.65. The first kappa shape index (κ1) is 16.5. The van der Waals surface area contributed by atoms with E-state index in [0.29, 0.717) is 11.3 Å². The average Bonchev–Trinajstić information content (AvgIpc) is 2.30. The smallest absolute Gasteiger partial charge is 0.241 e. The normalized spacial score (nSPS) is 13.2. The van der Waals surface area contributed by atoms with Gasteiger partial charge in [-0.1, -0.05) is 6.07 Å². The standard InChI is InChI=1S/C13H21N3O3S/c1-8(2)15-13(17)10(4)16-20(18,19)12-7-5-6-11(14)9(12)3/h5-8,10,16H,14H2,1-4H3,(H,15,17). The molecule has 4 N–H and O–H groups in total. The van der Waals surface area contributed by atoms with Gasteiger partial charge in [-0.3, -0.25) is 4.79 Å². The number of carbonyl (C=O) groups is 1. The van der Waals surface area contributed by atoms with E-state index in [-0.39, 0.29) is 16.8 Å². The number of anilines is 1. The molecule has 0 spiro atoms. The molecular weight excluding hydrogens is 278 g/mol. The van der Waals surface area contributed by atoms with Crippen molar-refractivity contribution in [2.24, 2.45) is 0 Å². The van der Waals surface area contributed by atoms with Crippen molar-refractivity contribution in [1.29, 1.82) is 0 Å². The molecule has 1 atom stereocenters. The van der Waals surface area contributed by atoms with Crippen LogP contribution in [-0.2, 0) is 14.8 Å². The molecule has 1 aromatic carbocycles. The van der Waals surface area contributed by atoms with Crippen molar-refractivity contribution < 1.29 is 13.2 Å². The molecule has 1 unspecified atom stereocenters. The molecular formula is C13H21N3O3S. The number of hydrogen-bond donors (Lipinski definition) is 3. The molecule has 7 heteroatoms.